The summed E-state index contributed by atoms with van der Waals surface area (Å²) in [6.45, 7) is 1.90. The lowest BCUT2D eigenvalue weighted by atomic mass is 10.2. The Morgan fingerprint density at radius 2 is 1.95 bits per heavy atom. The molecule has 2 amide bonds. The van der Waals surface area contributed by atoms with E-state index >= 15 is 0 Å². The lowest BCUT2D eigenvalue weighted by Gasteiger charge is -2.19. The first-order valence-electron chi connectivity index (χ1n) is 6.82. The molecule has 1 N–H and O–H groups in total. The topological polar surface area (TPSA) is 62.6 Å². The molecule has 0 atom stereocenters. The standard InChI is InChI=1S/C14H20N2O3/c17-13(15-11-12-6-5-9-19-12)10-14(18)16-7-3-1-2-4-8-16/h5-6,9H,1-4,7-8,10-11H2,(H,15,17). The van der Waals surface area contributed by atoms with Crippen LogP contribution in [0, 0.1) is 0 Å². The maximum absolute atomic E-state index is 12.0. The Kier molecular flexibility index (Phi) is 5.01. The van der Waals surface area contributed by atoms with Crippen LogP contribution in [0.4, 0.5) is 0 Å². The van der Waals surface area contributed by atoms with Crippen LogP contribution < -0.4 is 5.32 Å². The van der Waals surface area contributed by atoms with Gasteiger partial charge in [0.2, 0.25) is 11.8 Å². The van der Waals surface area contributed by atoms with Crippen molar-refractivity contribution in [3.63, 3.8) is 0 Å². The summed E-state index contributed by atoms with van der Waals surface area (Å²) in [5.41, 5.74) is 0. The Labute approximate surface area is 113 Å². The number of furan rings is 1. The van der Waals surface area contributed by atoms with Crippen molar-refractivity contribution in [3.05, 3.63) is 24.2 Å². The van der Waals surface area contributed by atoms with Crippen LogP contribution in [-0.4, -0.2) is 29.8 Å². The van der Waals surface area contributed by atoms with Crippen molar-refractivity contribution >= 4 is 11.8 Å². The lowest BCUT2D eigenvalue weighted by Crippen LogP contribution is -2.36. The number of nitrogens with one attached hydrogen (secondary N) is 1. The van der Waals surface area contributed by atoms with Gasteiger partial charge in [-0.05, 0) is 25.0 Å². The number of amides is 2. The highest BCUT2D eigenvalue weighted by Crippen LogP contribution is 2.10. The third kappa shape index (κ3) is 4.43. The molecular formula is C14H20N2O3. The number of rotatable bonds is 4. The van der Waals surface area contributed by atoms with Gasteiger partial charge in [-0.1, -0.05) is 12.8 Å². The molecule has 0 spiro atoms. The predicted octanol–water partition coefficient (Wildman–Crippen LogP) is 1.69. The second-order valence-corrected chi connectivity index (χ2v) is 4.83. The predicted molar refractivity (Wildman–Crippen MR) is 70.2 cm³/mol. The lowest BCUT2D eigenvalue weighted by molar-refractivity contribution is -0.136. The molecule has 5 heteroatoms. The average molecular weight is 264 g/mol. The van der Waals surface area contributed by atoms with E-state index in [4.69, 9.17) is 4.42 Å². The van der Waals surface area contributed by atoms with Crippen LogP contribution in [0.2, 0.25) is 0 Å². The van der Waals surface area contributed by atoms with Crippen LogP contribution in [0.15, 0.2) is 22.8 Å². The second-order valence-electron chi connectivity index (χ2n) is 4.83. The molecule has 1 fully saturated rings. The molecule has 1 aliphatic heterocycles. The third-order valence-electron chi connectivity index (χ3n) is 3.31. The second kappa shape index (κ2) is 6.97. The summed E-state index contributed by atoms with van der Waals surface area (Å²) in [4.78, 5) is 25.4. The van der Waals surface area contributed by atoms with Crippen LogP contribution in [0.25, 0.3) is 0 Å². The van der Waals surface area contributed by atoms with Crippen molar-refractivity contribution in [2.45, 2.75) is 38.6 Å². The van der Waals surface area contributed by atoms with E-state index in [1.54, 1.807) is 23.3 Å². The molecule has 0 aliphatic carbocycles. The van der Waals surface area contributed by atoms with E-state index in [0.29, 0.717) is 12.3 Å². The molecular weight excluding hydrogens is 244 g/mol. The molecule has 5 nitrogen and oxygen atoms in total. The van der Waals surface area contributed by atoms with E-state index in [1.165, 1.54) is 12.8 Å². The Morgan fingerprint density at radius 3 is 2.58 bits per heavy atom. The minimum Gasteiger partial charge on any atom is -0.467 e. The quantitative estimate of drug-likeness (QED) is 0.842. The highest BCUT2D eigenvalue weighted by molar-refractivity contribution is 5.96. The van der Waals surface area contributed by atoms with Crippen LogP contribution in [0.3, 0.4) is 0 Å². The van der Waals surface area contributed by atoms with E-state index in [1.807, 2.05) is 0 Å². The van der Waals surface area contributed by atoms with Crippen molar-refractivity contribution < 1.29 is 14.0 Å². The summed E-state index contributed by atoms with van der Waals surface area (Å²) in [7, 11) is 0. The van der Waals surface area contributed by atoms with Crippen molar-refractivity contribution in [3.8, 4) is 0 Å². The highest BCUT2D eigenvalue weighted by atomic mass is 16.3. The van der Waals surface area contributed by atoms with Gasteiger partial charge in [0.15, 0.2) is 0 Å². The van der Waals surface area contributed by atoms with E-state index in [-0.39, 0.29) is 18.2 Å². The summed E-state index contributed by atoms with van der Waals surface area (Å²) in [5, 5.41) is 2.69. The Bertz CT molecular complexity index is 406. The zero-order chi connectivity index (χ0) is 13.5. The summed E-state index contributed by atoms with van der Waals surface area (Å²) in [6, 6.07) is 3.56. The number of hydrogen-bond acceptors (Lipinski definition) is 3. The fourth-order valence-corrected chi connectivity index (χ4v) is 2.23. The van der Waals surface area contributed by atoms with E-state index in [0.717, 1.165) is 25.9 Å². The molecule has 2 heterocycles. The van der Waals surface area contributed by atoms with E-state index in [9.17, 15) is 9.59 Å². The van der Waals surface area contributed by atoms with Gasteiger partial charge in [-0.2, -0.15) is 0 Å². The van der Waals surface area contributed by atoms with Crippen molar-refractivity contribution in [2.24, 2.45) is 0 Å². The van der Waals surface area contributed by atoms with Gasteiger partial charge in [0, 0.05) is 13.1 Å². The number of likely N-dealkylation sites (tertiary alicyclic amines) is 1. The van der Waals surface area contributed by atoms with Gasteiger partial charge >= 0.3 is 0 Å². The molecule has 1 aromatic heterocycles. The van der Waals surface area contributed by atoms with Gasteiger partial charge in [0.25, 0.3) is 0 Å². The van der Waals surface area contributed by atoms with Gasteiger partial charge in [-0.15, -0.1) is 0 Å². The Hall–Kier alpha value is -1.78. The number of carbonyl (C=O) groups is 2. The van der Waals surface area contributed by atoms with Crippen molar-refractivity contribution in [2.75, 3.05) is 13.1 Å². The average Bonchev–Trinajstić information content (AvgIpc) is 2.76. The fourth-order valence-electron chi connectivity index (χ4n) is 2.23. The largest absolute Gasteiger partial charge is 0.467 e. The van der Waals surface area contributed by atoms with Gasteiger partial charge in [0.1, 0.15) is 12.2 Å². The van der Waals surface area contributed by atoms with Crippen LogP contribution in [-0.2, 0) is 16.1 Å². The van der Waals surface area contributed by atoms with Crippen LogP contribution in [0.1, 0.15) is 37.9 Å². The number of carbonyl (C=O) groups excluding carboxylic acids is 2. The summed E-state index contributed by atoms with van der Waals surface area (Å²) < 4.78 is 5.11. The maximum Gasteiger partial charge on any atom is 0.232 e. The first kappa shape index (κ1) is 13.6. The highest BCUT2D eigenvalue weighted by Gasteiger charge is 2.18. The third-order valence-corrected chi connectivity index (χ3v) is 3.31. The Morgan fingerprint density at radius 1 is 1.21 bits per heavy atom. The minimum absolute atomic E-state index is 0.0687. The minimum atomic E-state index is -0.245. The molecule has 0 radical (unpaired) electrons. The van der Waals surface area contributed by atoms with Crippen LogP contribution >= 0.6 is 0 Å². The summed E-state index contributed by atoms with van der Waals surface area (Å²) >= 11 is 0. The Balaban J connectivity index is 1.73. The summed E-state index contributed by atoms with van der Waals surface area (Å²) in [6.07, 6.45) is 5.92. The molecule has 104 valence electrons. The normalized spacial score (nSPS) is 15.9. The summed E-state index contributed by atoms with van der Waals surface area (Å²) in [5.74, 6) is 0.375. The first-order chi connectivity index (χ1) is 9.25. The smallest absolute Gasteiger partial charge is 0.232 e. The van der Waals surface area contributed by atoms with Crippen molar-refractivity contribution in [1.29, 1.82) is 0 Å². The van der Waals surface area contributed by atoms with Gasteiger partial charge < -0.3 is 14.6 Å². The van der Waals surface area contributed by atoms with Crippen molar-refractivity contribution in [1.82, 2.24) is 10.2 Å². The maximum atomic E-state index is 12.0. The molecule has 19 heavy (non-hydrogen) atoms. The van der Waals surface area contributed by atoms with Gasteiger partial charge in [-0.3, -0.25) is 9.59 Å². The molecule has 1 saturated heterocycles. The van der Waals surface area contributed by atoms with E-state index in [2.05, 4.69) is 5.32 Å². The molecule has 0 bridgehead atoms. The van der Waals surface area contributed by atoms with Crippen LogP contribution in [0.5, 0.6) is 0 Å². The molecule has 0 aromatic carbocycles. The van der Waals surface area contributed by atoms with E-state index < -0.39 is 0 Å². The zero-order valence-corrected chi connectivity index (χ0v) is 11.1. The van der Waals surface area contributed by atoms with Gasteiger partial charge in [-0.25, -0.2) is 0 Å². The molecule has 0 unspecified atom stereocenters. The molecule has 1 aromatic rings. The van der Waals surface area contributed by atoms with Gasteiger partial charge in [0.05, 0.1) is 12.8 Å². The SMILES string of the molecule is O=C(CC(=O)N1CCCCCC1)NCc1ccco1. The molecule has 1 aliphatic rings. The fraction of sp³-hybridized carbons (Fsp3) is 0.571. The molecule has 2 rings (SSSR count). The monoisotopic (exact) mass is 264 g/mol. The number of nitrogens with zero attached hydrogens (tertiary/aromatic N) is 1. The number of hydrogen-bond donors (Lipinski definition) is 1. The zero-order valence-electron chi connectivity index (χ0n) is 11.1. The first-order valence-corrected chi connectivity index (χ1v) is 6.82. The molecule has 0 saturated carbocycles.